The van der Waals surface area contributed by atoms with Gasteiger partial charge in [-0.15, -0.1) is 0 Å². The van der Waals surface area contributed by atoms with E-state index in [9.17, 15) is 18.8 Å². The Morgan fingerprint density at radius 3 is 2.34 bits per heavy atom. The van der Waals surface area contributed by atoms with Gasteiger partial charge in [-0.1, -0.05) is 32.0 Å². The number of nitrogens with one attached hydrogen (secondary N) is 1. The molecule has 7 heteroatoms. The van der Waals surface area contributed by atoms with Gasteiger partial charge in [0, 0.05) is 5.39 Å². The molecule has 1 N–H and O–H groups in total. The topological polar surface area (TPSA) is 77.4 Å². The standard InChI is InChI=1S/C31H35FN2O4/c1-18-12-22-13-19(2)15-31(14-18,16-22)30(37)33-24-6-5-7-25-26(24)20(3)27(29(36)38-4)28(35)34(25)17-21-8-10-23(32)11-9-21/h5-11,18-19,22H,12-17H2,1-4H3,(H,33,37). The Balaban J connectivity index is 1.63. The van der Waals surface area contributed by atoms with E-state index < -0.39 is 16.9 Å². The Morgan fingerprint density at radius 2 is 1.71 bits per heavy atom. The van der Waals surface area contributed by atoms with Crippen LogP contribution in [0.4, 0.5) is 10.1 Å². The minimum absolute atomic E-state index is 0.0170. The lowest BCUT2D eigenvalue weighted by Crippen LogP contribution is -2.47. The Bertz CT molecular complexity index is 1440. The van der Waals surface area contributed by atoms with E-state index in [-0.39, 0.29) is 23.8 Å². The van der Waals surface area contributed by atoms with Gasteiger partial charge >= 0.3 is 5.97 Å². The predicted octanol–water partition coefficient (Wildman–Crippen LogP) is 6.07. The summed E-state index contributed by atoms with van der Waals surface area (Å²) in [5, 5.41) is 3.86. The Morgan fingerprint density at radius 1 is 1.05 bits per heavy atom. The maximum Gasteiger partial charge on any atom is 0.343 e. The summed E-state index contributed by atoms with van der Waals surface area (Å²) in [7, 11) is 1.24. The van der Waals surface area contributed by atoms with Gasteiger partial charge in [0.15, 0.2) is 0 Å². The molecule has 200 valence electrons. The number of methoxy groups -OCH3 is 1. The van der Waals surface area contributed by atoms with Crippen molar-refractivity contribution in [1.29, 1.82) is 0 Å². The number of nitrogens with zero attached hydrogens (tertiary/aromatic N) is 1. The average Bonchev–Trinajstić information content (AvgIpc) is 2.86. The maximum atomic E-state index is 14.0. The Labute approximate surface area is 222 Å². The van der Waals surface area contributed by atoms with Crippen LogP contribution >= 0.6 is 0 Å². The highest BCUT2D eigenvalue weighted by atomic mass is 19.1. The molecule has 2 bridgehead atoms. The van der Waals surface area contributed by atoms with Crippen molar-refractivity contribution in [3.8, 4) is 0 Å². The third-order valence-corrected chi connectivity index (χ3v) is 8.54. The fourth-order valence-corrected chi connectivity index (χ4v) is 7.30. The number of esters is 1. The number of fused-ring (bicyclic) bond motifs is 3. The first kappa shape index (κ1) is 26.1. The molecule has 2 aromatic carbocycles. The number of aromatic nitrogens is 1. The molecule has 2 aliphatic rings. The first-order valence-corrected chi connectivity index (χ1v) is 13.4. The summed E-state index contributed by atoms with van der Waals surface area (Å²) >= 11 is 0. The molecule has 0 saturated heterocycles. The summed E-state index contributed by atoms with van der Waals surface area (Å²) in [5.41, 5.74) is 1.37. The van der Waals surface area contributed by atoms with Crippen LogP contribution in [0.2, 0.25) is 0 Å². The molecular formula is C31H35FN2O4. The minimum Gasteiger partial charge on any atom is -0.465 e. The second-order valence-corrected chi connectivity index (χ2v) is 11.6. The molecule has 2 atom stereocenters. The normalized spacial score (nSPS) is 24.7. The largest absolute Gasteiger partial charge is 0.465 e. The van der Waals surface area contributed by atoms with Crippen LogP contribution in [0.3, 0.4) is 0 Å². The number of hydrogen-bond donors (Lipinski definition) is 1. The number of rotatable bonds is 5. The van der Waals surface area contributed by atoms with Gasteiger partial charge < -0.3 is 14.6 Å². The van der Waals surface area contributed by atoms with Crippen molar-refractivity contribution in [3.63, 3.8) is 0 Å². The summed E-state index contributed by atoms with van der Waals surface area (Å²) in [4.78, 5) is 40.3. The molecule has 3 aromatic rings. The molecule has 0 spiro atoms. The molecule has 0 radical (unpaired) electrons. The van der Waals surface area contributed by atoms with Gasteiger partial charge in [0.1, 0.15) is 11.4 Å². The average molecular weight is 519 g/mol. The Hall–Kier alpha value is -3.48. The van der Waals surface area contributed by atoms with Crippen molar-refractivity contribution in [2.24, 2.45) is 23.2 Å². The molecule has 1 amide bonds. The van der Waals surface area contributed by atoms with Crippen molar-refractivity contribution in [2.75, 3.05) is 12.4 Å². The van der Waals surface area contributed by atoms with Crippen molar-refractivity contribution in [1.82, 2.24) is 4.57 Å². The van der Waals surface area contributed by atoms with Crippen LogP contribution < -0.4 is 10.9 Å². The molecule has 0 aliphatic heterocycles. The Kier molecular flexibility index (Phi) is 6.88. The molecule has 38 heavy (non-hydrogen) atoms. The summed E-state index contributed by atoms with van der Waals surface area (Å²) < 4.78 is 20.0. The number of carbonyl (C=O) groups is 2. The number of amides is 1. The van der Waals surface area contributed by atoms with Gasteiger partial charge in [-0.3, -0.25) is 9.59 Å². The summed E-state index contributed by atoms with van der Waals surface area (Å²) in [6, 6.07) is 11.3. The number of halogens is 1. The van der Waals surface area contributed by atoms with Crippen molar-refractivity contribution >= 4 is 28.5 Å². The molecule has 2 fully saturated rings. The number of anilines is 1. The molecule has 2 unspecified atom stereocenters. The van der Waals surface area contributed by atoms with Crippen LogP contribution in [-0.4, -0.2) is 23.6 Å². The van der Waals surface area contributed by atoms with Gasteiger partial charge in [0.05, 0.1) is 30.3 Å². The molecule has 6 nitrogen and oxygen atoms in total. The second-order valence-electron chi connectivity index (χ2n) is 11.6. The first-order valence-electron chi connectivity index (χ1n) is 13.4. The quantitative estimate of drug-likeness (QED) is 0.416. The smallest absolute Gasteiger partial charge is 0.343 e. The van der Waals surface area contributed by atoms with Crippen LogP contribution in [0.25, 0.3) is 10.9 Å². The number of ether oxygens (including phenoxy) is 1. The lowest BCUT2D eigenvalue weighted by atomic mass is 9.56. The zero-order valence-corrected chi connectivity index (χ0v) is 22.5. The molecule has 1 heterocycles. The maximum absolute atomic E-state index is 14.0. The highest BCUT2D eigenvalue weighted by Crippen LogP contribution is 2.53. The van der Waals surface area contributed by atoms with Crippen LogP contribution in [0.1, 0.15) is 67.4 Å². The van der Waals surface area contributed by atoms with E-state index in [1.807, 2.05) is 18.2 Å². The van der Waals surface area contributed by atoms with E-state index in [0.717, 1.165) is 19.3 Å². The highest BCUT2D eigenvalue weighted by Gasteiger charge is 2.49. The first-order chi connectivity index (χ1) is 18.1. The van der Waals surface area contributed by atoms with Crippen LogP contribution in [0.5, 0.6) is 0 Å². The fraction of sp³-hybridized carbons (Fsp3) is 0.452. The van der Waals surface area contributed by atoms with Crippen LogP contribution in [-0.2, 0) is 16.1 Å². The minimum atomic E-state index is -0.730. The fourth-order valence-electron chi connectivity index (χ4n) is 7.30. The summed E-state index contributed by atoms with van der Waals surface area (Å²) in [6.07, 6.45) is 4.98. The van der Waals surface area contributed by atoms with E-state index in [2.05, 4.69) is 19.2 Å². The molecule has 2 aliphatic carbocycles. The summed E-state index contributed by atoms with van der Waals surface area (Å²) in [5.74, 6) is 0.469. The van der Waals surface area contributed by atoms with Gasteiger partial charge in [0.2, 0.25) is 5.91 Å². The third kappa shape index (κ3) is 4.63. The molecule has 1 aromatic heterocycles. The number of benzene rings is 2. The van der Waals surface area contributed by atoms with Crippen molar-refractivity contribution < 1.29 is 18.7 Å². The number of hydrogen-bond acceptors (Lipinski definition) is 4. The van der Waals surface area contributed by atoms with Gasteiger partial charge in [-0.2, -0.15) is 0 Å². The highest BCUT2D eigenvalue weighted by molar-refractivity contribution is 6.07. The predicted molar refractivity (Wildman–Crippen MR) is 146 cm³/mol. The zero-order valence-electron chi connectivity index (χ0n) is 22.5. The van der Waals surface area contributed by atoms with Crippen LogP contribution in [0.15, 0.2) is 47.3 Å². The number of carbonyl (C=O) groups excluding carboxylic acids is 2. The van der Waals surface area contributed by atoms with E-state index in [4.69, 9.17) is 4.74 Å². The van der Waals surface area contributed by atoms with E-state index >= 15 is 0 Å². The molecular weight excluding hydrogens is 483 g/mol. The molecule has 5 rings (SSSR count). The van der Waals surface area contributed by atoms with Gasteiger partial charge in [-0.05, 0) is 92.2 Å². The SMILES string of the molecule is COC(=O)c1c(C)c2c(NC(=O)C34CC(C)CC(CC(C)C3)C4)cccc2n(Cc2ccc(F)cc2)c1=O. The van der Waals surface area contributed by atoms with E-state index in [1.165, 1.54) is 36.7 Å². The number of aryl methyl sites for hydroxylation is 1. The third-order valence-electron chi connectivity index (χ3n) is 8.54. The van der Waals surface area contributed by atoms with Crippen LogP contribution in [0, 0.1) is 35.9 Å². The lowest BCUT2D eigenvalue weighted by Gasteiger charge is -2.48. The monoisotopic (exact) mass is 518 g/mol. The van der Waals surface area contributed by atoms with E-state index in [1.54, 1.807) is 19.1 Å². The zero-order chi connectivity index (χ0) is 27.2. The van der Waals surface area contributed by atoms with Crippen molar-refractivity contribution in [3.05, 3.63) is 75.3 Å². The molecule has 2 saturated carbocycles. The van der Waals surface area contributed by atoms with Crippen molar-refractivity contribution in [2.45, 2.75) is 59.4 Å². The van der Waals surface area contributed by atoms with E-state index in [0.29, 0.717) is 45.5 Å². The van der Waals surface area contributed by atoms with Gasteiger partial charge in [0.25, 0.3) is 5.56 Å². The number of pyridine rings is 1. The second kappa shape index (κ2) is 10.0. The lowest BCUT2D eigenvalue weighted by molar-refractivity contribution is -0.133. The van der Waals surface area contributed by atoms with Gasteiger partial charge in [-0.25, -0.2) is 9.18 Å². The summed E-state index contributed by atoms with van der Waals surface area (Å²) in [6.45, 7) is 6.33.